The molecule has 0 bridgehead atoms. The number of amides is 1. The van der Waals surface area contributed by atoms with Crippen molar-refractivity contribution in [1.29, 1.82) is 0 Å². The Morgan fingerprint density at radius 3 is 2.20 bits per heavy atom. The van der Waals surface area contributed by atoms with Crippen LogP contribution in [0.1, 0.15) is 31.2 Å². The number of rotatable bonds is 3. The summed E-state index contributed by atoms with van der Waals surface area (Å²) in [4.78, 5) is 25.2. The Balaban J connectivity index is 2.02. The predicted octanol–water partition coefficient (Wildman–Crippen LogP) is 2.85. The zero-order valence-corrected chi connectivity index (χ0v) is 12.0. The number of aryl methyl sites for hydroxylation is 1. The van der Waals surface area contributed by atoms with Crippen molar-refractivity contribution in [3.05, 3.63) is 29.8 Å². The van der Waals surface area contributed by atoms with Gasteiger partial charge in [-0.3, -0.25) is 9.59 Å². The highest BCUT2D eigenvalue weighted by Gasteiger charge is 2.31. The highest BCUT2D eigenvalue weighted by molar-refractivity contribution is 5.95. The van der Waals surface area contributed by atoms with E-state index in [0.29, 0.717) is 25.7 Å². The summed E-state index contributed by atoms with van der Waals surface area (Å²) in [6.45, 7) is 1.99. The van der Waals surface area contributed by atoms with E-state index >= 15 is 0 Å². The van der Waals surface area contributed by atoms with E-state index in [1.54, 1.807) is 11.9 Å². The Bertz CT molecular complexity index is 504. The number of benzene rings is 1. The van der Waals surface area contributed by atoms with Crippen molar-refractivity contribution in [3.8, 4) is 0 Å². The largest absolute Gasteiger partial charge is 0.481 e. The number of carboxylic acids is 1. The first-order valence-electron chi connectivity index (χ1n) is 7.06. The summed E-state index contributed by atoms with van der Waals surface area (Å²) in [6, 6.07) is 7.80. The van der Waals surface area contributed by atoms with Crippen molar-refractivity contribution < 1.29 is 14.7 Å². The van der Waals surface area contributed by atoms with Crippen LogP contribution >= 0.6 is 0 Å². The van der Waals surface area contributed by atoms with Gasteiger partial charge in [0, 0.05) is 18.7 Å². The number of carboxylic acid groups (broad SMARTS) is 1. The number of hydrogen-bond acceptors (Lipinski definition) is 2. The van der Waals surface area contributed by atoms with Gasteiger partial charge in [0.25, 0.3) is 0 Å². The Kier molecular flexibility index (Phi) is 4.42. The Labute approximate surface area is 119 Å². The monoisotopic (exact) mass is 275 g/mol. The summed E-state index contributed by atoms with van der Waals surface area (Å²) >= 11 is 0. The lowest BCUT2D eigenvalue weighted by molar-refractivity contribution is -0.143. The van der Waals surface area contributed by atoms with Crippen LogP contribution in [0.2, 0.25) is 0 Å². The predicted molar refractivity (Wildman–Crippen MR) is 77.7 cm³/mol. The van der Waals surface area contributed by atoms with Gasteiger partial charge < -0.3 is 10.0 Å². The summed E-state index contributed by atoms with van der Waals surface area (Å²) in [5.74, 6) is -0.954. The molecule has 1 aliphatic carbocycles. The highest BCUT2D eigenvalue weighted by atomic mass is 16.4. The maximum Gasteiger partial charge on any atom is 0.306 e. The number of nitrogens with zero attached hydrogens (tertiary/aromatic N) is 1. The van der Waals surface area contributed by atoms with Crippen LogP contribution < -0.4 is 4.90 Å². The lowest BCUT2D eigenvalue weighted by Crippen LogP contribution is -2.36. The van der Waals surface area contributed by atoms with Gasteiger partial charge in [0.05, 0.1) is 5.92 Å². The molecule has 2 rings (SSSR count). The highest BCUT2D eigenvalue weighted by Crippen LogP contribution is 2.31. The van der Waals surface area contributed by atoms with Gasteiger partial charge in [0.2, 0.25) is 5.91 Å². The van der Waals surface area contributed by atoms with Crippen LogP contribution in [0.5, 0.6) is 0 Å². The Morgan fingerprint density at radius 2 is 1.65 bits per heavy atom. The van der Waals surface area contributed by atoms with Crippen LogP contribution in [0.3, 0.4) is 0 Å². The molecule has 0 spiro atoms. The summed E-state index contributed by atoms with van der Waals surface area (Å²) < 4.78 is 0. The van der Waals surface area contributed by atoms with Gasteiger partial charge in [-0.2, -0.15) is 0 Å². The van der Waals surface area contributed by atoms with Gasteiger partial charge in [-0.1, -0.05) is 18.2 Å². The third-order valence-corrected chi connectivity index (χ3v) is 4.23. The van der Waals surface area contributed by atoms with Gasteiger partial charge in [0.1, 0.15) is 0 Å². The van der Waals surface area contributed by atoms with E-state index in [-0.39, 0.29) is 17.7 Å². The molecule has 1 N–H and O–H groups in total. The minimum Gasteiger partial charge on any atom is -0.481 e. The zero-order valence-electron chi connectivity index (χ0n) is 12.0. The average Bonchev–Trinajstić information content (AvgIpc) is 2.46. The number of hydrogen-bond donors (Lipinski definition) is 1. The summed E-state index contributed by atoms with van der Waals surface area (Å²) in [6.07, 6.45) is 2.55. The van der Waals surface area contributed by atoms with E-state index in [1.165, 1.54) is 0 Å². The van der Waals surface area contributed by atoms with Crippen molar-refractivity contribution in [2.45, 2.75) is 32.6 Å². The fourth-order valence-electron chi connectivity index (χ4n) is 2.92. The third kappa shape index (κ3) is 3.00. The fraction of sp³-hybridized carbons (Fsp3) is 0.500. The molecule has 108 valence electrons. The first-order chi connectivity index (χ1) is 9.50. The van der Waals surface area contributed by atoms with E-state index in [1.807, 2.05) is 31.2 Å². The Morgan fingerprint density at radius 1 is 1.10 bits per heavy atom. The van der Waals surface area contributed by atoms with E-state index in [0.717, 1.165) is 11.3 Å². The zero-order chi connectivity index (χ0) is 14.7. The van der Waals surface area contributed by atoms with E-state index < -0.39 is 5.97 Å². The number of anilines is 1. The van der Waals surface area contributed by atoms with Gasteiger partial charge in [-0.05, 0) is 44.2 Å². The lowest BCUT2D eigenvalue weighted by atomic mass is 9.81. The molecule has 0 atom stereocenters. The first kappa shape index (κ1) is 14.6. The molecule has 4 heteroatoms. The molecule has 0 unspecified atom stereocenters. The summed E-state index contributed by atoms with van der Waals surface area (Å²) in [7, 11) is 1.80. The number of carbonyl (C=O) groups is 2. The number of aliphatic carboxylic acids is 1. The van der Waals surface area contributed by atoms with E-state index in [9.17, 15) is 9.59 Å². The van der Waals surface area contributed by atoms with Crippen molar-refractivity contribution in [2.75, 3.05) is 11.9 Å². The normalized spacial score (nSPS) is 22.3. The minimum atomic E-state index is -0.733. The molecule has 1 amide bonds. The topological polar surface area (TPSA) is 57.6 Å². The van der Waals surface area contributed by atoms with Gasteiger partial charge in [0.15, 0.2) is 0 Å². The maximum absolute atomic E-state index is 12.5. The van der Waals surface area contributed by atoms with Gasteiger partial charge in [-0.25, -0.2) is 0 Å². The van der Waals surface area contributed by atoms with Gasteiger partial charge >= 0.3 is 5.97 Å². The number of carbonyl (C=O) groups excluding carboxylic acids is 1. The second-order valence-corrected chi connectivity index (χ2v) is 5.57. The lowest BCUT2D eigenvalue weighted by Gasteiger charge is -2.29. The molecule has 20 heavy (non-hydrogen) atoms. The van der Waals surface area contributed by atoms with Crippen LogP contribution in [-0.2, 0) is 9.59 Å². The second-order valence-electron chi connectivity index (χ2n) is 5.57. The van der Waals surface area contributed by atoms with E-state index in [2.05, 4.69) is 0 Å². The van der Waals surface area contributed by atoms with Crippen molar-refractivity contribution in [3.63, 3.8) is 0 Å². The second kappa shape index (κ2) is 6.07. The van der Waals surface area contributed by atoms with Crippen molar-refractivity contribution >= 4 is 17.6 Å². The quantitative estimate of drug-likeness (QED) is 0.922. The van der Waals surface area contributed by atoms with E-state index in [4.69, 9.17) is 5.11 Å². The molecule has 1 aromatic rings. The van der Waals surface area contributed by atoms with Crippen LogP contribution in [0.15, 0.2) is 24.3 Å². The Hall–Kier alpha value is -1.84. The molecule has 1 aromatic carbocycles. The molecule has 0 radical (unpaired) electrons. The minimum absolute atomic E-state index is 0.0461. The van der Waals surface area contributed by atoms with Crippen molar-refractivity contribution in [2.24, 2.45) is 11.8 Å². The number of para-hydroxylation sites is 1. The molecule has 0 aromatic heterocycles. The molecular formula is C16H21NO3. The SMILES string of the molecule is Cc1ccccc1N(C)C(=O)C1CCC(C(=O)O)CC1. The standard InChI is InChI=1S/C16H21NO3/c1-11-5-3-4-6-14(11)17(2)15(18)12-7-9-13(10-8-12)16(19)20/h3-6,12-13H,7-10H2,1-2H3,(H,19,20). The first-order valence-corrected chi connectivity index (χ1v) is 7.06. The molecule has 0 heterocycles. The van der Waals surface area contributed by atoms with Crippen LogP contribution in [0.4, 0.5) is 5.69 Å². The van der Waals surface area contributed by atoms with Crippen LogP contribution in [-0.4, -0.2) is 24.0 Å². The molecule has 1 saturated carbocycles. The molecule has 1 fully saturated rings. The van der Waals surface area contributed by atoms with Crippen LogP contribution in [0, 0.1) is 18.8 Å². The maximum atomic E-state index is 12.5. The fourth-order valence-corrected chi connectivity index (χ4v) is 2.92. The van der Waals surface area contributed by atoms with Crippen molar-refractivity contribution in [1.82, 2.24) is 0 Å². The smallest absolute Gasteiger partial charge is 0.306 e. The third-order valence-electron chi connectivity index (χ3n) is 4.23. The molecule has 0 aliphatic heterocycles. The van der Waals surface area contributed by atoms with Gasteiger partial charge in [-0.15, -0.1) is 0 Å². The van der Waals surface area contributed by atoms with Crippen LogP contribution in [0.25, 0.3) is 0 Å². The summed E-state index contributed by atoms with van der Waals surface area (Å²) in [5, 5.41) is 8.99. The molecular weight excluding hydrogens is 254 g/mol. The summed E-state index contributed by atoms with van der Waals surface area (Å²) in [5.41, 5.74) is 2.00. The molecule has 4 nitrogen and oxygen atoms in total. The molecule has 1 aliphatic rings. The molecule has 0 saturated heterocycles. The average molecular weight is 275 g/mol.